The molecule has 0 fully saturated rings. The van der Waals surface area contributed by atoms with Crippen LogP contribution in [0.1, 0.15) is 406 Å². The summed E-state index contributed by atoms with van der Waals surface area (Å²) in [6.45, 7) is 4.93. The number of allylic oxidation sites excluding steroid dienone is 3. The van der Waals surface area contributed by atoms with Crippen LogP contribution in [0.15, 0.2) is 24.3 Å². The number of nitrogens with one attached hydrogen (secondary N) is 1. The molecule has 6 nitrogen and oxygen atoms in total. The van der Waals surface area contributed by atoms with Crippen molar-refractivity contribution in [2.24, 2.45) is 0 Å². The Labute approximate surface area is 494 Å². The van der Waals surface area contributed by atoms with Crippen LogP contribution in [0.3, 0.4) is 0 Å². The summed E-state index contributed by atoms with van der Waals surface area (Å²) in [5, 5.41) is 23.3. The minimum Gasteiger partial charge on any atom is -0.466 e. The zero-order valence-corrected chi connectivity index (χ0v) is 53.6. The van der Waals surface area contributed by atoms with Crippen LogP contribution in [0, 0.1) is 0 Å². The van der Waals surface area contributed by atoms with Gasteiger partial charge in [0.15, 0.2) is 0 Å². The van der Waals surface area contributed by atoms with Gasteiger partial charge in [-0.2, -0.15) is 0 Å². The van der Waals surface area contributed by atoms with E-state index in [9.17, 15) is 19.8 Å². The fourth-order valence-electron chi connectivity index (χ4n) is 11.5. The van der Waals surface area contributed by atoms with Crippen LogP contribution >= 0.6 is 0 Å². The van der Waals surface area contributed by atoms with Gasteiger partial charge in [-0.3, -0.25) is 9.59 Å². The fourth-order valence-corrected chi connectivity index (χ4v) is 11.5. The molecule has 0 aromatic carbocycles. The lowest BCUT2D eigenvalue weighted by Gasteiger charge is -2.20. The average molecular weight is 1110 g/mol. The van der Waals surface area contributed by atoms with E-state index in [1.807, 2.05) is 6.08 Å². The first kappa shape index (κ1) is 77.3. The number of hydrogen-bond acceptors (Lipinski definition) is 5. The number of hydrogen-bond donors (Lipinski definition) is 3. The molecule has 0 aromatic rings. The summed E-state index contributed by atoms with van der Waals surface area (Å²) in [5.74, 6) is -0.0541. The Morgan fingerprint density at radius 3 is 0.911 bits per heavy atom. The average Bonchev–Trinajstić information content (AvgIpc) is 3.45. The topological polar surface area (TPSA) is 95.9 Å². The number of esters is 1. The molecule has 3 N–H and O–H groups in total. The Hall–Kier alpha value is -1.66. The molecule has 0 rings (SSSR count). The first-order valence-corrected chi connectivity index (χ1v) is 36.1. The number of aliphatic hydroxyl groups is 2. The molecule has 0 bridgehead atoms. The van der Waals surface area contributed by atoms with Crippen molar-refractivity contribution in [2.45, 2.75) is 418 Å². The van der Waals surface area contributed by atoms with Gasteiger partial charge in [-0.05, 0) is 57.8 Å². The van der Waals surface area contributed by atoms with Crippen molar-refractivity contribution in [3.05, 3.63) is 24.3 Å². The molecule has 0 aliphatic rings. The van der Waals surface area contributed by atoms with E-state index >= 15 is 0 Å². The Morgan fingerprint density at radius 2 is 0.595 bits per heavy atom. The molecule has 0 aromatic heterocycles. The third-order valence-electron chi connectivity index (χ3n) is 17.0. The molecule has 79 heavy (non-hydrogen) atoms. The highest BCUT2D eigenvalue weighted by Crippen LogP contribution is 2.19. The Balaban J connectivity index is 3.39. The number of ether oxygens (including phenoxy) is 1. The third-order valence-corrected chi connectivity index (χ3v) is 17.0. The van der Waals surface area contributed by atoms with E-state index in [0.717, 1.165) is 44.9 Å². The molecular formula is C73H141NO5. The third kappa shape index (κ3) is 65.4. The van der Waals surface area contributed by atoms with E-state index < -0.39 is 12.1 Å². The summed E-state index contributed by atoms with van der Waals surface area (Å²) in [7, 11) is 0. The summed E-state index contributed by atoms with van der Waals surface area (Å²) in [6.07, 6.45) is 86.9. The fraction of sp³-hybridized carbons (Fsp3) is 0.918. The molecule has 468 valence electrons. The molecule has 2 unspecified atom stereocenters. The van der Waals surface area contributed by atoms with Gasteiger partial charge in [-0.15, -0.1) is 0 Å². The maximum absolute atomic E-state index is 12.5. The Morgan fingerprint density at radius 1 is 0.342 bits per heavy atom. The quantitative estimate of drug-likeness (QED) is 0.0320. The molecule has 0 aliphatic carbocycles. The summed E-state index contributed by atoms with van der Waals surface area (Å²) in [5.41, 5.74) is 0. The van der Waals surface area contributed by atoms with Gasteiger partial charge in [0.25, 0.3) is 0 Å². The number of rotatable bonds is 68. The van der Waals surface area contributed by atoms with E-state index in [1.165, 1.54) is 334 Å². The van der Waals surface area contributed by atoms with Gasteiger partial charge >= 0.3 is 5.97 Å². The highest BCUT2D eigenvalue weighted by Gasteiger charge is 2.18. The maximum Gasteiger partial charge on any atom is 0.305 e. The lowest BCUT2D eigenvalue weighted by atomic mass is 10.0. The van der Waals surface area contributed by atoms with E-state index in [2.05, 4.69) is 31.3 Å². The Bertz CT molecular complexity index is 1230. The van der Waals surface area contributed by atoms with Gasteiger partial charge < -0.3 is 20.3 Å². The largest absolute Gasteiger partial charge is 0.466 e. The molecule has 0 aliphatic heterocycles. The smallest absolute Gasteiger partial charge is 0.305 e. The molecule has 0 heterocycles. The molecular weight excluding hydrogens is 971 g/mol. The summed E-state index contributed by atoms with van der Waals surface area (Å²) < 4.78 is 5.48. The van der Waals surface area contributed by atoms with Crippen molar-refractivity contribution >= 4 is 11.9 Å². The Kier molecular flexibility index (Phi) is 67.4. The molecule has 6 heteroatoms. The van der Waals surface area contributed by atoms with Crippen LogP contribution < -0.4 is 5.32 Å². The first-order chi connectivity index (χ1) is 39.0. The maximum atomic E-state index is 12.5. The standard InChI is InChI=1S/C73H141NO5/c1-3-5-7-9-11-13-15-17-18-19-20-21-22-26-29-32-35-38-42-45-49-53-57-61-65-71(76)70(69-75)74-72(77)66-62-58-54-50-46-43-39-36-33-30-27-24-23-25-28-31-34-37-40-44-48-52-56-60-64-68-79-73(78)67-63-59-55-51-47-41-16-14-12-10-8-6-4-2/h14,16,61,65,70-71,75-76H,3-13,15,17-60,62-64,66-69H2,1-2H3,(H,74,77)/b16-14-,65-61+. The highest BCUT2D eigenvalue weighted by molar-refractivity contribution is 5.76. The van der Waals surface area contributed by atoms with Crippen LogP contribution in [0.5, 0.6) is 0 Å². The normalized spacial score (nSPS) is 12.6. The SMILES string of the molecule is CCCCCC/C=C\CCCCCCCC(=O)OCCCCCCCCCCCCCCCCCCCCCCCCCCCC(=O)NC(CO)C(O)/C=C/CCCCCCCCCCCCCCCCCCCCCCCC. The van der Waals surface area contributed by atoms with Gasteiger partial charge in [-0.25, -0.2) is 0 Å². The summed E-state index contributed by atoms with van der Waals surface area (Å²) in [6, 6.07) is -0.628. The zero-order chi connectivity index (χ0) is 57.1. The van der Waals surface area contributed by atoms with Gasteiger partial charge in [0.2, 0.25) is 5.91 Å². The number of unbranched alkanes of at least 4 members (excludes halogenated alkanes) is 55. The van der Waals surface area contributed by atoms with Crippen LogP contribution in [0.2, 0.25) is 0 Å². The lowest BCUT2D eigenvalue weighted by Crippen LogP contribution is -2.45. The van der Waals surface area contributed by atoms with Gasteiger partial charge in [0.05, 0.1) is 25.4 Å². The second-order valence-electron chi connectivity index (χ2n) is 24.9. The van der Waals surface area contributed by atoms with Gasteiger partial charge in [0.1, 0.15) is 0 Å². The van der Waals surface area contributed by atoms with Crippen molar-refractivity contribution < 1.29 is 24.5 Å². The molecule has 1 amide bonds. The van der Waals surface area contributed by atoms with E-state index in [4.69, 9.17) is 4.74 Å². The minimum absolute atomic E-state index is 0.00750. The van der Waals surface area contributed by atoms with Crippen molar-refractivity contribution in [3.8, 4) is 0 Å². The number of aliphatic hydroxyl groups excluding tert-OH is 2. The van der Waals surface area contributed by atoms with Crippen LogP contribution in [0.4, 0.5) is 0 Å². The van der Waals surface area contributed by atoms with Gasteiger partial charge in [-0.1, -0.05) is 359 Å². The monoisotopic (exact) mass is 1110 g/mol. The van der Waals surface area contributed by atoms with Crippen molar-refractivity contribution in [3.63, 3.8) is 0 Å². The van der Waals surface area contributed by atoms with Gasteiger partial charge in [0, 0.05) is 12.8 Å². The molecule has 0 saturated carbocycles. The molecule has 0 saturated heterocycles. The second kappa shape index (κ2) is 68.8. The summed E-state index contributed by atoms with van der Waals surface area (Å²) in [4.78, 5) is 24.6. The number of amides is 1. The van der Waals surface area contributed by atoms with E-state index in [0.29, 0.717) is 19.4 Å². The minimum atomic E-state index is -0.845. The zero-order valence-electron chi connectivity index (χ0n) is 53.6. The number of carbonyl (C=O) groups is 2. The van der Waals surface area contributed by atoms with Crippen LogP contribution in [-0.2, 0) is 14.3 Å². The van der Waals surface area contributed by atoms with Crippen molar-refractivity contribution in [1.82, 2.24) is 5.32 Å². The molecule has 0 spiro atoms. The van der Waals surface area contributed by atoms with E-state index in [1.54, 1.807) is 6.08 Å². The lowest BCUT2D eigenvalue weighted by molar-refractivity contribution is -0.143. The molecule has 2 atom stereocenters. The van der Waals surface area contributed by atoms with Crippen molar-refractivity contribution in [2.75, 3.05) is 13.2 Å². The predicted octanol–water partition coefficient (Wildman–Crippen LogP) is 23.3. The van der Waals surface area contributed by atoms with Crippen LogP contribution in [0.25, 0.3) is 0 Å². The second-order valence-corrected chi connectivity index (χ2v) is 24.9. The van der Waals surface area contributed by atoms with Crippen molar-refractivity contribution in [1.29, 1.82) is 0 Å². The number of carbonyl (C=O) groups excluding carboxylic acids is 2. The predicted molar refractivity (Wildman–Crippen MR) is 347 cm³/mol. The summed E-state index contributed by atoms with van der Waals surface area (Å²) >= 11 is 0. The van der Waals surface area contributed by atoms with E-state index in [-0.39, 0.29) is 18.5 Å². The van der Waals surface area contributed by atoms with Crippen LogP contribution in [-0.4, -0.2) is 47.4 Å². The first-order valence-electron chi connectivity index (χ1n) is 36.1. The molecule has 0 radical (unpaired) electrons. The highest BCUT2D eigenvalue weighted by atomic mass is 16.5.